The Morgan fingerprint density at radius 1 is 1.33 bits per heavy atom. The Bertz CT molecular complexity index is 693. The minimum atomic E-state index is -0.486. The number of carbonyl (C=O) groups excluding carboxylic acids is 1. The number of benzene rings is 1. The van der Waals surface area contributed by atoms with Gasteiger partial charge in [-0.05, 0) is 38.8 Å². The minimum Gasteiger partial charge on any atom is -0.444 e. The maximum absolute atomic E-state index is 13.7. The summed E-state index contributed by atoms with van der Waals surface area (Å²) >= 11 is 0. The lowest BCUT2D eigenvalue weighted by Crippen LogP contribution is -2.57. The van der Waals surface area contributed by atoms with Crippen LogP contribution in [0.4, 0.5) is 9.18 Å². The molecule has 6 nitrogen and oxygen atoms in total. The largest absolute Gasteiger partial charge is 0.444 e. The Balaban J connectivity index is 0.00000261. The van der Waals surface area contributed by atoms with Gasteiger partial charge in [-0.15, -0.1) is 24.0 Å². The molecule has 0 spiro atoms. The second kappa shape index (κ2) is 9.07. The van der Waals surface area contributed by atoms with Gasteiger partial charge in [0.25, 0.3) is 0 Å². The Kier molecular flexibility index (Phi) is 7.30. The van der Waals surface area contributed by atoms with Crippen molar-refractivity contribution < 1.29 is 13.9 Å². The van der Waals surface area contributed by atoms with Gasteiger partial charge in [-0.1, -0.05) is 18.2 Å². The molecule has 2 aliphatic rings. The first-order valence-electron chi connectivity index (χ1n) is 9.10. The van der Waals surface area contributed by atoms with Gasteiger partial charge in [0.1, 0.15) is 11.4 Å². The molecule has 1 fully saturated rings. The first-order chi connectivity index (χ1) is 12.3. The number of hydrogen-bond donors (Lipinski definition) is 1. The van der Waals surface area contributed by atoms with Crippen LogP contribution in [-0.4, -0.2) is 66.2 Å². The molecule has 150 valence electrons. The number of hydrogen-bond acceptors (Lipinski definition) is 5. The molecule has 1 aromatic carbocycles. The summed E-state index contributed by atoms with van der Waals surface area (Å²) in [6.45, 7) is 8.83. The molecule has 0 saturated carbocycles. The van der Waals surface area contributed by atoms with Crippen molar-refractivity contribution in [2.75, 3.05) is 32.7 Å². The number of rotatable bonds is 3. The van der Waals surface area contributed by atoms with Gasteiger partial charge in [-0.3, -0.25) is 4.99 Å². The normalized spacial score (nSPS) is 19.1. The zero-order valence-electron chi connectivity index (χ0n) is 16.1. The van der Waals surface area contributed by atoms with Crippen LogP contribution in [0.15, 0.2) is 29.3 Å². The lowest BCUT2D eigenvalue weighted by atomic mass is 10.1. The van der Waals surface area contributed by atoms with Crippen LogP contribution in [-0.2, 0) is 11.2 Å². The van der Waals surface area contributed by atoms with Crippen LogP contribution in [0.1, 0.15) is 26.3 Å². The Labute approximate surface area is 177 Å². The summed E-state index contributed by atoms with van der Waals surface area (Å²) in [6.07, 6.45) is 0.340. The molecule has 1 amide bonds. The molecule has 3 rings (SSSR count). The number of piperazine rings is 1. The average molecular weight is 490 g/mol. The molecule has 0 aromatic heterocycles. The van der Waals surface area contributed by atoms with E-state index in [1.54, 1.807) is 17.0 Å². The van der Waals surface area contributed by atoms with E-state index in [2.05, 4.69) is 15.2 Å². The van der Waals surface area contributed by atoms with Gasteiger partial charge < -0.3 is 19.9 Å². The summed E-state index contributed by atoms with van der Waals surface area (Å²) < 4.78 is 19.1. The summed E-state index contributed by atoms with van der Waals surface area (Å²) in [5.74, 6) is 0.668. The van der Waals surface area contributed by atoms with E-state index in [0.29, 0.717) is 38.2 Å². The number of amides is 1. The van der Waals surface area contributed by atoms with Crippen LogP contribution in [0.5, 0.6) is 0 Å². The van der Waals surface area contributed by atoms with E-state index in [0.717, 1.165) is 12.5 Å². The van der Waals surface area contributed by atoms with Gasteiger partial charge in [0.2, 0.25) is 0 Å². The highest BCUT2D eigenvalue weighted by atomic mass is 127. The lowest BCUT2D eigenvalue weighted by Gasteiger charge is -2.39. The summed E-state index contributed by atoms with van der Waals surface area (Å²) in [5, 5.41) is 3.31. The van der Waals surface area contributed by atoms with Crippen molar-refractivity contribution in [3.8, 4) is 0 Å². The van der Waals surface area contributed by atoms with Crippen molar-refractivity contribution >= 4 is 36.0 Å². The number of nitrogens with zero attached hydrogens (tertiary/aromatic N) is 3. The second-order valence-electron chi connectivity index (χ2n) is 7.71. The zero-order chi connectivity index (χ0) is 18.7. The molecule has 0 aliphatic carbocycles. The van der Waals surface area contributed by atoms with Crippen LogP contribution < -0.4 is 5.32 Å². The van der Waals surface area contributed by atoms with Crippen molar-refractivity contribution in [3.63, 3.8) is 0 Å². The van der Waals surface area contributed by atoms with E-state index < -0.39 is 5.60 Å². The predicted octanol–water partition coefficient (Wildman–Crippen LogP) is 2.87. The number of carbonyl (C=O) groups is 1. The van der Waals surface area contributed by atoms with E-state index in [9.17, 15) is 9.18 Å². The van der Waals surface area contributed by atoms with E-state index in [-0.39, 0.29) is 41.9 Å². The standard InChI is InChI=1S/C19H27FN4O2.HI/c1-19(2,3)26-18(25)23-10-11-24-15(13-23)12-22-17(24)21-9-8-14-6-4-5-7-16(14)20;/h4-7,15H,8-13H2,1-3H3,(H,21,22);1H. The summed E-state index contributed by atoms with van der Waals surface area (Å²) in [5.41, 5.74) is 0.213. The molecule has 0 radical (unpaired) electrons. The summed E-state index contributed by atoms with van der Waals surface area (Å²) in [6, 6.07) is 7.00. The highest BCUT2D eigenvalue weighted by molar-refractivity contribution is 14.0. The molecule has 1 aromatic rings. The van der Waals surface area contributed by atoms with Crippen LogP contribution in [0.2, 0.25) is 0 Å². The second-order valence-corrected chi connectivity index (χ2v) is 7.71. The fourth-order valence-electron chi connectivity index (χ4n) is 3.23. The third-order valence-corrected chi connectivity index (χ3v) is 4.49. The summed E-state index contributed by atoms with van der Waals surface area (Å²) in [7, 11) is 0. The highest BCUT2D eigenvalue weighted by Crippen LogP contribution is 2.18. The molecule has 8 heteroatoms. The predicted molar refractivity (Wildman–Crippen MR) is 114 cm³/mol. The average Bonchev–Trinajstić information content (AvgIpc) is 2.97. The molecule has 2 aliphatic heterocycles. The van der Waals surface area contributed by atoms with Crippen LogP contribution in [0.3, 0.4) is 0 Å². The van der Waals surface area contributed by atoms with Gasteiger partial charge >= 0.3 is 6.09 Å². The summed E-state index contributed by atoms with van der Waals surface area (Å²) in [4.78, 5) is 20.8. The maximum Gasteiger partial charge on any atom is 0.410 e. The Morgan fingerprint density at radius 3 is 2.78 bits per heavy atom. The van der Waals surface area contributed by atoms with Crippen molar-refractivity contribution in [2.24, 2.45) is 4.99 Å². The number of guanidine groups is 1. The zero-order valence-corrected chi connectivity index (χ0v) is 18.4. The SMILES string of the molecule is CC(C)(C)OC(=O)N1CCN2C(NCCc3ccccc3F)=NCC2C1.I. The first-order valence-corrected chi connectivity index (χ1v) is 9.10. The van der Waals surface area contributed by atoms with Gasteiger partial charge in [0.05, 0.1) is 12.6 Å². The first kappa shape index (κ1) is 21.7. The van der Waals surface area contributed by atoms with Crippen LogP contribution >= 0.6 is 24.0 Å². The van der Waals surface area contributed by atoms with Crippen molar-refractivity contribution in [1.82, 2.24) is 15.1 Å². The monoisotopic (exact) mass is 490 g/mol. The van der Waals surface area contributed by atoms with Gasteiger partial charge in [0, 0.05) is 26.2 Å². The van der Waals surface area contributed by atoms with Crippen LogP contribution in [0.25, 0.3) is 0 Å². The maximum atomic E-state index is 13.7. The molecular weight excluding hydrogens is 462 g/mol. The number of halogens is 2. The van der Waals surface area contributed by atoms with Gasteiger partial charge in [-0.2, -0.15) is 0 Å². The highest BCUT2D eigenvalue weighted by Gasteiger charge is 2.36. The van der Waals surface area contributed by atoms with Crippen molar-refractivity contribution in [3.05, 3.63) is 35.6 Å². The van der Waals surface area contributed by atoms with E-state index >= 15 is 0 Å². The molecule has 1 N–H and O–H groups in total. The Morgan fingerprint density at radius 2 is 2.07 bits per heavy atom. The van der Waals surface area contributed by atoms with E-state index in [1.165, 1.54) is 6.07 Å². The van der Waals surface area contributed by atoms with Gasteiger partial charge in [0.15, 0.2) is 5.96 Å². The number of aliphatic imine (C=N–C) groups is 1. The fraction of sp³-hybridized carbons (Fsp3) is 0.579. The van der Waals surface area contributed by atoms with Crippen LogP contribution in [0, 0.1) is 5.82 Å². The molecular formula is C19H28FIN4O2. The van der Waals surface area contributed by atoms with E-state index in [4.69, 9.17) is 4.74 Å². The molecule has 27 heavy (non-hydrogen) atoms. The smallest absolute Gasteiger partial charge is 0.410 e. The topological polar surface area (TPSA) is 57.2 Å². The van der Waals surface area contributed by atoms with Crippen molar-refractivity contribution in [2.45, 2.75) is 38.8 Å². The fourth-order valence-corrected chi connectivity index (χ4v) is 3.23. The molecule has 1 unspecified atom stereocenters. The Hall–Kier alpha value is -1.58. The third-order valence-electron chi connectivity index (χ3n) is 4.49. The minimum absolute atomic E-state index is 0. The number of fused-ring (bicyclic) bond motifs is 1. The molecule has 2 heterocycles. The van der Waals surface area contributed by atoms with Gasteiger partial charge in [-0.25, -0.2) is 9.18 Å². The quantitative estimate of drug-likeness (QED) is 0.663. The molecule has 1 saturated heterocycles. The lowest BCUT2D eigenvalue weighted by molar-refractivity contribution is 0.0137. The molecule has 0 bridgehead atoms. The number of ether oxygens (including phenoxy) is 1. The third kappa shape index (κ3) is 5.70. The van der Waals surface area contributed by atoms with Crippen molar-refractivity contribution in [1.29, 1.82) is 0 Å². The molecule has 1 atom stereocenters. The number of nitrogens with one attached hydrogen (secondary N) is 1. The van der Waals surface area contributed by atoms with E-state index in [1.807, 2.05) is 26.8 Å².